The molecule has 3 nitrogen and oxygen atoms in total. The monoisotopic (exact) mass is 189 g/mol. The van der Waals surface area contributed by atoms with Gasteiger partial charge in [-0.15, -0.1) is 0 Å². The molecule has 0 saturated heterocycles. The molecule has 0 atom stereocenters. The maximum absolute atomic E-state index is 12.5. The van der Waals surface area contributed by atoms with Crippen molar-refractivity contribution in [2.75, 3.05) is 0 Å². The molecule has 0 bridgehead atoms. The molecule has 1 rings (SSSR count). The summed E-state index contributed by atoms with van der Waals surface area (Å²) >= 11 is 5.34. The molecule has 0 aliphatic heterocycles. The Labute approximate surface area is 72.7 Å². The van der Waals surface area contributed by atoms with Gasteiger partial charge in [-0.3, -0.25) is 0 Å². The molecule has 0 spiro atoms. The van der Waals surface area contributed by atoms with Crippen LogP contribution in [0.15, 0.2) is 23.4 Å². The minimum absolute atomic E-state index is 0.0424. The first kappa shape index (κ1) is 8.80. The highest BCUT2D eigenvalue weighted by molar-refractivity contribution is 6.69. The predicted octanol–water partition coefficient (Wildman–Crippen LogP) is 1.91. The van der Waals surface area contributed by atoms with Crippen LogP contribution in [0.25, 0.3) is 0 Å². The summed E-state index contributed by atoms with van der Waals surface area (Å²) in [4.78, 5) is 0. The predicted molar refractivity (Wildman–Crippen MR) is 42.2 cm³/mol. The van der Waals surface area contributed by atoms with Crippen LogP contribution in [0.4, 0.5) is 4.39 Å². The van der Waals surface area contributed by atoms with Crippen LogP contribution < -0.4 is 0 Å². The Morgan fingerprint density at radius 2 is 2.17 bits per heavy atom. The van der Waals surface area contributed by atoms with E-state index in [-0.39, 0.29) is 16.5 Å². The number of hydrogen-bond acceptors (Lipinski definition) is 3. The van der Waals surface area contributed by atoms with E-state index in [1.165, 1.54) is 0 Å². The van der Waals surface area contributed by atoms with Crippen molar-refractivity contribution in [1.82, 2.24) is 0 Å². The fraction of sp³-hybridized carbons (Fsp3) is 0. The number of benzene rings is 1. The molecule has 2 N–H and O–H groups in total. The Morgan fingerprint density at radius 1 is 1.50 bits per heavy atom. The standard InChI is InChI=1S/C7H5ClFNO2/c8-7(10-12)5-3-4(9)1-2-6(5)11/h1-3,11-12H/b10-7-. The Balaban J connectivity index is 3.23. The first-order chi connectivity index (χ1) is 5.65. The molecular formula is C7H5ClFNO2. The fourth-order valence-electron chi connectivity index (χ4n) is 0.727. The van der Waals surface area contributed by atoms with Crippen molar-refractivity contribution in [2.45, 2.75) is 0 Å². The fourth-order valence-corrected chi connectivity index (χ4v) is 0.879. The van der Waals surface area contributed by atoms with Gasteiger partial charge in [0.25, 0.3) is 0 Å². The number of hydrogen-bond donors (Lipinski definition) is 2. The smallest absolute Gasteiger partial charge is 0.179 e. The summed E-state index contributed by atoms with van der Waals surface area (Å²) in [5, 5.41) is 19.6. The number of nitrogens with zero attached hydrogens (tertiary/aromatic N) is 1. The zero-order chi connectivity index (χ0) is 9.14. The summed E-state index contributed by atoms with van der Waals surface area (Å²) in [6.45, 7) is 0. The quantitative estimate of drug-likeness (QED) is 0.403. The van der Waals surface area contributed by atoms with E-state index in [1.54, 1.807) is 0 Å². The topological polar surface area (TPSA) is 52.8 Å². The number of rotatable bonds is 1. The molecule has 0 fully saturated rings. The van der Waals surface area contributed by atoms with Gasteiger partial charge in [-0.05, 0) is 18.2 Å². The van der Waals surface area contributed by atoms with Gasteiger partial charge in [0.15, 0.2) is 5.17 Å². The molecule has 12 heavy (non-hydrogen) atoms. The SMILES string of the molecule is O/N=C(\Cl)c1cc(F)ccc1O. The van der Waals surface area contributed by atoms with Crippen molar-refractivity contribution in [3.05, 3.63) is 29.6 Å². The third-order valence-corrected chi connectivity index (χ3v) is 1.55. The molecule has 0 aliphatic carbocycles. The van der Waals surface area contributed by atoms with Gasteiger partial charge < -0.3 is 10.3 Å². The van der Waals surface area contributed by atoms with Gasteiger partial charge in [-0.1, -0.05) is 16.8 Å². The van der Waals surface area contributed by atoms with E-state index >= 15 is 0 Å². The van der Waals surface area contributed by atoms with Crippen molar-refractivity contribution >= 4 is 16.8 Å². The van der Waals surface area contributed by atoms with E-state index in [1.807, 2.05) is 0 Å². The van der Waals surface area contributed by atoms with Gasteiger partial charge in [0, 0.05) is 0 Å². The van der Waals surface area contributed by atoms with Crippen molar-refractivity contribution in [2.24, 2.45) is 5.16 Å². The zero-order valence-electron chi connectivity index (χ0n) is 5.83. The minimum atomic E-state index is -0.565. The van der Waals surface area contributed by atoms with Crippen LogP contribution >= 0.6 is 11.6 Å². The third-order valence-electron chi connectivity index (χ3n) is 1.27. The molecule has 1 aromatic carbocycles. The van der Waals surface area contributed by atoms with Gasteiger partial charge in [0.2, 0.25) is 0 Å². The van der Waals surface area contributed by atoms with E-state index < -0.39 is 5.82 Å². The van der Waals surface area contributed by atoms with E-state index in [2.05, 4.69) is 5.16 Å². The molecule has 0 unspecified atom stereocenters. The van der Waals surface area contributed by atoms with Gasteiger partial charge in [0.1, 0.15) is 11.6 Å². The maximum Gasteiger partial charge on any atom is 0.179 e. The second-order valence-electron chi connectivity index (χ2n) is 2.05. The number of phenols is 1. The van der Waals surface area contributed by atoms with Crippen molar-refractivity contribution < 1.29 is 14.7 Å². The van der Waals surface area contributed by atoms with Crippen LogP contribution in [0.5, 0.6) is 5.75 Å². The first-order valence-electron chi connectivity index (χ1n) is 3.01. The second-order valence-corrected chi connectivity index (χ2v) is 2.41. The summed E-state index contributed by atoms with van der Waals surface area (Å²) in [5.41, 5.74) is -0.0424. The Kier molecular flexibility index (Phi) is 2.50. The van der Waals surface area contributed by atoms with E-state index in [0.29, 0.717) is 0 Å². The molecule has 0 aliphatic rings. The molecule has 0 saturated carbocycles. The molecule has 0 radical (unpaired) electrons. The zero-order valence-corrected chi connectivity index (χ0v) is 6.59. The Morgan fingerprint density at radius 3 is 2.75 bits per heavy atom. The molecule has 0 amide bonds. The van der Waals surface area contributed by atoms with Crippen LogP contribution in [-0.2, 0) is 0 Å². The van der Waals surface area contributed by atoms with Gasteiger partial charge in [-0.25, -0.2) is 4.39 Å². The Bertz CT molecular complexity index is 327. The summed E-state index contributed by atoms with van der Waals surface area (Å²) in [6.07, 6.45) is 0. The summed E-state index contributed by atoms with van der Waals surface area (Å²) in [5.74, 6) is -0.802. The summed E-state index contributed by atoms with van der Waals surface area (Å²) in [7, 11) is 0. The summed E-state index contributed by atoms with van der Waals surface area (Å²) in [6, 6.07) is 3.16. The average molecular weight is 190 g/mol. The number of phenolic OH excluding ortho intramolecular Hbond substituents is 1. The molecule has 5 heteroatoms. The molecule has 0 aromatic heterocycles. The van der Waals surface area contributed by atoms with Gasteiger partial charge >= 0.3 is 0 Å². The molecular weight excluding hydrogens is 185 g/mol. The van der Waals surface area contributed by atoms with E-state index in [9.17, 15) is 4.39 Å². The lowest BCUT2D eigenvalue weighted by Crippen LogP contribution is -1.92. The van der Waals surface area contributed by atoms with E-state index in [4.69, 9.17) is 21.9 Å². The maximum atomic E-state index is 12.5. The highest BCUT2D eigenvalue weighted by Gasteiger charge is 2.07. The normalized spacial score (nSPS) is 11.7. The average Bonchev–Trinajstić information content (AvgIpc) is 2.08. The van der Waals surface area contributed by atoms with Crippen molar-refractivity contribution in [3.8, 4) is 5.75 Å². The van der Waals surface area contributed by atoms with Crippen molar-refractivity contribution in [3.63, 3.8) is 0 Å². The highest BCUT2D eigenvalue weighted by atomic mass is 35.5. The van der Waals surface area contributed by atoms with Crippen LogP contribution in [0.1, 0.15) is 5.56 Å². The lowest BCUT2D eigenvalue weighted by atomic mass is 10.2. The second kappa shape index (κ2) is 3.40. The van der Waals surface area contributed by atoms with Gasteiger partial charge in [-0.2, -0.15) is 0 Å². The summed E-state index contributed by atoms with van der Waals surface area (Å²) < 4.78 is 12.5. The minimum Gasteiger partial charge on any atom is -0.507 e. The Hall–Kier alpha value is -1.29. The molecule has 1 aromatic rings. The first-order valence-corrected chi connectivity index (χ1v) is 3.39. The van der Waals surface area contributed by atoms with Crippen LogP contribution in [0.2, 0.25) is 0 Å². The largest absolute Gasteiger partial charge is 0.507 e. The van der Waals surface area contributed by atoms with Crippen LogP contribution in [-0.4, -0.2) is 15.5 Å². The third kappa shape index (κ3) is 1.65. The van der Waals surface area contributed by atoms with Crippen molar-refractivity contribution in [1.29, 1.82) is 0 Å². The molecule has 64 valence electrons. The number of oxime groups is 1. The molecule has 0 heterocycles. The lowest BCUT2D eigenvalue weighted by molar-refractivity contribution is 0.320. The van der Waals surface area contributed by atoms with Gasteiger partial charge in [0.05, 0.1) is 5.56 Å². The number of aromatic hydroxyl groups is 1. The van der Waals surface area contributed by atoms with Crippen LogP contribution in [0.3, 0.4) is 0 Å². The lowest BCUT2D eigenvalue weighted by Gasteiger charge is -1.99. The van der Waals surface area contributed by atoms with Crippen LogP contribution in [0, 0.1) is 5.82 Å². The van der Waals surface area contributed by atoms with E-state index in [0.717, 1.165) is 18.2 Å². The highest BCUT2D eigenvalue weighted by Crippen LogP contribution is 2.19. The number of halogens is 2.